The van der Waals surface area contributed by atoms with E-state index in [2.05, 4.69) is 40.1 Å². The number of carbonyl (C=O) groups excluding carboxylic acids is 1. The molecule has 1 aromatic heterocycles. The van der Waals surface area contributed by atoms with E-state index in [1.807, 2.05) is 31.2 Å². The number of aromatic nitrogens is 1. The van der Waals surface area contributed by atoms with Crippen LogP contribution >= 0.6 is 15.9 Å². The Bertz CT molecular complexity index is 621. The van der Waals surface area contributed by atoms with Gasteiger partial charge in [-0.2, -0.15) is 0 Å². The summed E-state index contributed by atoms with van der Waals surface area (Å²) < 4.78 is 0.854. The zero-order valence-electron chi connectivity index (χ0n) is 11.8. The van der Waals surface area contributed by atoms with Gasteiger partial charge in [0.15, 0.2) is 0 Å². The first-order valence-corrected chi connectivity index (χ1v) is 7.30. The molecule has 104 valence electrons. The zero-order chi connectivity index (χ0) is 14.7. The zero-order valence-corrected chi connectivity index (χ0v) is 13.4. The Morgan fingerprint density at radius 3 is 2.60 bits per heavy atom. The van der Waals surface area contributed by atoms with Crippen LogP contribution < -0.4 is 5.32 Å². The molecule has 0 bridgehead atoms. The van der Waals surface area contributed by atoms with Crippen molar-refractivity contribution in [3.05, 3.63) is 57.8 Å². The maximum Gasteiger partial charge on any atom is 0.274 e. The Labute approximate surface area is 127 Å². The van der Waals surface area contributed by atoms with Crippen LogP contribution in [0.1, 0.15) is 41.4 Å². The molecule has 20 heavy (non-hydrogen) atoms. The van der Waals surface area contributed by atoms with Crippen molar-refractivity contribution in [2.75, 3.05) is 5.32 Å². The quantitative estimate of drug-likeness (QED) is 0.897. The molecule has 0 radical (unpaired) electrons. The van der Waals surface area contributed by atoms with Gasteiger partial charge in [0.1, 0.15) is 5.69 Å². The number of hydrogen-bond acceptors (Lipinski definition) is 2. The van der Waals surface area contributed by atoms with Gasteiger partial charge < -0.3 is 5.32 Å². The summed E-state index contributed by atoms with van der Waals surface area (Å²) in [6, 6.07) is 9.56. The van der Waals surface area contributed by atoms with Crippen LogP contribution in [0.3, 0.4) is 0 Å². The number of carbonyl (C=O) groups is 1. The fraction of sp³-hybridized carbons (Fsp3) is 0.250. The van der Waals surface area contributed by atoms with E-state index in [0.29, 0.717) is 11.6 Å². The second kappa shape index (κ2) is 6.18. The van der Waals surface area contributed by atoms with Crippen LogP contribution in [-0.2, 0) is 0 Å². The molecule has 0 aliphatic carbocycles. The maximum absolute atomic E-state index is 12.3. The minimum Gasteiger partial charge on any atom is -0.320 e. The van der Waals surface area contributed by atoms with Gasteiger partial charge in [-0.25, -0.2) is 4.98 Å². The lowest BCUT2D eigenvalue weighted by Crippen LogP contribution is -2.16. The van der Waals surface area contributed by atoms with E-state index in [0.717, 1.165) is 21.3 Å². The van der Waals surface area contributed by atoms with Gasteiger partial charge in [0.2, 0.25) is 0 Å². The monoisotopic (exact) mass is 332 g/mol. The van der Waals surface area contributed by atoms with Gasteiger partial charge in [0.25, 0.3) is 5.91 Å². The van der Waals surface area contributed by atoms with E-state index in [1.165, 1.54) is 0 Å². The van der Waals surface area contributed by atoms with Gasteiger partial charge in [0.05, 0.1) is 0 Å². The van der Waals surface area contributed by atoms with Gasteiger partial charge in [-0.15, -0.1) is 0 Å². The van der Waals surface area contributed by atoms with Crippen molar-refractivity contribution in [2.24, 2.45) is 0 Å². The Hall–Kier alpha value is -1.68. The molecular formula is C16H17BrN2O. The molecule has 0 saturated heterocycles. The lowest BCUT2D eigenvalue weighted by molar-refractivity contribution is 0.102. The average molecular weight is 333 g/mol. The number of para-hydroxylation sites is 1. The fourth-order valence-electron chi connectivity index (χ4n) is 2.03. The molecule has 0 aliphatic rings. The average Bonchev–Trinajstić information content (AvgIpc) is 2.41. The van der Waals surface area contributed by atoms with Crippen molar-refractivity contribution in [2.45, 2.75) is 26.7 Å². The molecule has 2 aromatic rings. The van der Waals surface area contributed by atoms with Gasteiger partial charge in [-0.05, 0) is 52.0 Å². The first-order valence-electron chi connectivity index (χ1n) is 6.51. The predicted octanol–water partition coefficient (Wildman–Crippen LogP) is 4.53. The molecule has 3 nitrogen and oxygen atoms in total. The van der Waals surface area contributed by atoms with Gasteiger partial charge in [-0.3, -0.25) is 4.79 Å². The number of aryl methyl sites for hydroxylation is 1. The van der Waals surface area contributed by atoms with E-state index in [1.54, 1.807) is 12.3 Å². The first-order chi connectivity index (χ1) is 9.49. The molecule has 0 atom stereocenters. The predicted molar refractivity (Wildman–Crippen MR) is 85.2 cm³/mol. The van der Waals surface area contributed by atoms with Crippen molar-refractivity contribution >= 4 is 27.5 Å². The minimum atomic E-state index is -0.186. The molecule has 1 heterocycles. The van der Waals surface area contributed by atoms with Gasteiger partial charge in [-0.1, -0.05) is 32.0 Å². The molecule has 1 aromatic carbocycles. The summed E-state index contributed by atoms with van der Waals surface area (Å²) in [7, 11) is 0. The Morgan fingerprint density at radius 1 is 1.25 bits per heavy atom. The highest BCUT2D eigenvalue weighted by Gasteiger charge is 2.13. The van der Waals surface area contributed by atoms with E-state index in [4.69, 9.17) is 0 Å². The van der Waals surface area contributed by atoms with E-state index >= 15 is 0 Å². The van der Waals surface area contributed by atoms with Crippen LogP contribution in [0.15, 0.2) is 41.0 Å². The van der Waals surface area contributed by atoms with Crippen molar-refractivity contribution in [1.82, 2.24) is 4.98 Å². The smallest absolute Gasteiger partial charge is 0.274 e. The second-order valence-electron chi connectivity index (χ2n) is 5.01. The summed E-state index contributed by atoms with van der Waals surface area (Å²) in [5, 5.41) is 2.98. The number of nitrogens with zero attached hydrogens (tertiary/aromatic N) is 1. The van der Waals surface area contributed by atoms with E-state index in [9.17, 15) is 4.79 Å². The Morgan fingerprint density at radius 2 is 2.00 bits per heavy atom. The summed E-state index contributed by atoms with van der Waals surface area (Å²) >= 11 is 3.31. The Kier molecular flexibility index (Phi) is 4.55. The van der Waals surface area contributed by atoms with Crippen molar-refractivity contribution < 1.29 is 4.79 Å². The third-order valence-corrected chi connectivity index (χ3v) is 3.59. The SMILES string of the molecule is Cc1cccc(C(C)C)c1NC(=O)c1ccc(Br)cn1. The number of nitrogens with one attached hydrogen (secondary N) is 1. The molecule has 2 rings (SSSR count). The van der Waals surface area contributed by atoms with E-state index < -0.39 is 0 Å². The number of rotatable bonds is 3. The first kappa shape index (κ1) is 14.7. The van der Waals surface area contributed by atoms with Crippen LogP contribution in [0.2, 0.25) is 0 Å². The van der Waals surface area contributed by atoms with Crippen LogP contribution in [0.25, 0.3) is 0 Å². The molecule has 0 unspecified atom stereocenters. The third-order valence-electron chi connectivity index (χ3n) is 3.13. The highest BCUT2D eigenvalue weighted by Crippen LogP contribution is 2.27. The number of pyridine rings is 1. The summed E-state index contributed by atoms with van der Waals surface area (Å²) in [5.74, 6) is 0.164. The van der Waals surface area contributed by atoms with Crippen LogP contribution in [0.4, 0.5) is 5.69 Å². The second-order valence-corrected chi connectivity index (χ2v) is 5.93. The van der Waals surface area contributed by atoms with Crippen LogP contribution in [-0.4, -0.2) is 10.9 Å². The van der Waals surface area contributed by atoms with Crippen molar-refractivity contribution in [3.63, 3.8) is 0 Å². The van der Waals surface area contributed by atoms with Gasteiger partial charge >= 0.3 is 0 Å². The summed E-state index contributed by atoms with van der Waals surface area (Å²) in [6.07, 6.45) is 1.62. The maximum atomic E-state index is 12.3. The lowest BCUT2D eigenvalue weighted by Gasteiger charge is -2.16. The van der Waals surface area contributed by atoms with Gasteiger partial charge in [0, 0.05) is 16.4 Å². The molecular weight excluding hydrogens is 316 g/mol. The topological polar surface area (TPSA) is 42.0 Å². The lowest BCUT2D eigenvalue weighted by atomic mass is 9.98. The number of amides is 1. The Balaban J connectivity index is 2.30. The molecule has 0 spiro atoms. The standard InChI is InChI=1S/C16H17BrN2O/c1-10(2)13-6-4-5-11(3)15(13)19-16(20)14-8-7-12(17)9-18-14/h4-10H,1-3H3,(H,19,20). The third kappa shape index (κ3) is 3.25. The molecule has 1 amide bonds. The molecule has 4 heteroatoms. The number of anilines is 1. The summed E-state index contributed by atoms with van der Waals surface area (Å²) in [6.45, 7) is 6.22. The number of halogens is 1. The highest BCUT2D eigenvalue weighted by molar-refractivity contribution is 9.10. The van der Waals surface area contributed by atoms with Crippen molar-refractivity contribution in [3.8, 4) is 0 Å². The molecule has 0 fully saturated rings. The number of benzene rings is 1. The molecule has 0 aliphatic heterocycles. The summed E-state index contributed by atoms with van der Waals surface area (Å²) in [5.41, 5.74) is 3.49. The van der Waals surface area contributed by atoms with E-state index in [-0.39, 0.29) is 5.91 Å². The molecule has 0 saturated carbocycles. The minimum absolute atomic E-state index is 0.186. The number of hydrogen-bond donors (Lipinski definition) is 1. The van der Waals surface area contributed by atoms with Crippen LogP contribution in [0.5, 0.6) is 0 Å². The van der Waals surface area contributed by atoms with Crippen LogP contribution in [0, 0.1) is 6.92 Å². The fourth-order valence-corrected chi connectivity index (χ4v) is 2.26. The molecule has 1 N–H and O–H groups in total. The highest BCUT2D eigenvalue weighted by atomic mass is 79.9. The summed E-state index contributed by atoms with van der Waals surface area (Å²) in [4.78, 5) is 16.4. The normalized spacial score (nSPS) is 10.7. The largest absolute Gasteiger partial charge is 0.320 e. The van der Waals surface area contributed by atoms with Crippen molar-refractivity contribution in [1.29, 1.82) is 0 Å².